The van der Waals surface area contributed by atoms with Gasteiger partial charge in [0.2, 0.25) is 0 Å². The quantitative estimate of drug-likeness (QED) is 0.845. The van der Waals surface area contributed by atoms with Gasteiger partial charge in [0, 0.05) is 31.1 Å². The number of aromatic amines is 1. The molecule has 0 saturated carbocycles. The average Bonchev–Trinajstić information content (AvgIpc) is 2.63. The molecule has 0 unspecified atom stereocenters. The fourth-order valence-corrected chi connectivity index (χ4v) is 3.26. The van der Waals surface area contributed by atoms with Gasteiger partial charge in [-0.15, -0.1) is 0 Å². The first kappa shape index (κ1) is 17.6. The van der Waals surface area contributed by atoms with Gasteiger partial charge in [0.05, 0.1) is 18.6 Å². The fraction of sp³-hybridized carbons (Fsp3) is 0.500. The Morgan fingerprint density at radius 2 is 1.96 bits per heavy atom. The second-order valence-electron chi connectivity index (χ2n) is 6.62. The third kappa shape index (κ3) is 3.88. The van der Waals surface area contributed by atoms with E-state index in [2.05, 4.69) is 34.3 Å². The zero-order valence-electron chi connectivity index (χ0n) is 14.6. The molecule has 3 rings (SSSR count). The zero-order chi connectivity index (χ0) is 17.8. The number of ether oxygens (including phenoxy) is 1. The summed E-state index contributed by atoms with van der Waals surface area (Å²) >= 11 is 0. The molecule has 1 amide bonds. The highest BCUT2D eigenvalue weighted by Crippen LogP contribution is 2.14. The SMILES string of the molecule is CC(C)[C@H](CNC(=O)c1n[nH]c(=O)c2ccccc12)N1CCOCC1. The normalized spacial score (nSPS) is 16.9. The van der Waals surface area contributed by atoms with Crippen LogP contribution in [0.4, 0.5) is 0 Å². The van der Waals surface area contributed by atoms with E-state index >= 15 is 0 Å². The lowest BCUT2D eigenvalue weighted by molar-refractivity contribution is 0.00672. The van der Waals surface area contributed by atoms with E-state index in [4.69, 9.17) is 4.74 Å². The van der Waals surface area contributed by atoms with E-state index in [1.54, 1.807) is 24.3 Å². The summed E-state index contributed by atoms with van der Waals surface area (Å²) in [6.45, 7) is 8.04. The number of carbonyl (C=O) groups excluding carboxylic acids is 1. The van der Waals surface area contributed by atoms with Crippen molar-refractivity contribution in [2.75, 3.05) is 32.8 Å². The zero-order valence-corrected chi connectivity index (χ0v) is 14.6. The molecular formula is C18H24N4O3. The summed E-state index contributed by atoms with van der Waals surface area (Å²) in [5.74, 6) is 0.130. The third-order valence-electron chi connectivity index (χ3n) is 4.67. The molecule has 0 spiro atoms. The lowest BCUT2D eigenvalue weighted by Gasteiger charge is -2.36. The van der Waals surface area contributed by atoms with Gasteiger partial charge in [-0.05, 0) is 12.0 Å². The van der Waals surface area contributed by atoms with Gasteiger partial charge >= 0.3 is 0 Å². The monoisotopic (exact) mass is 344 g/mol. The highest BCUT2D eigenvalue weighted by molar-refractivity contribution is 6.04. The minimum atomic E-state index is -0.291. The van der Waals surface area contributed by atoms with Crippen LogP contribution in [0.1, 0.15) is 24.3 Å². The second kappa shape index (κ2) is 7.76. The van der Waals surface area contributed by atoms with Crippen molar-refractivity contribution in [3.05, 3.63) is 40.3 Å². The van der Waals surface area contributed by atoms with Crippen LogP contribution in [-0.4, -0.2) is 59.9 Å². The molecule has 1 aliphatic rings. The summed E-state index contributed by atoms with van der Waals surface area (Å²) < 4.78 is 5.41. The van der Waals surface area contributed by atoms with Gasteiger partial charge in [0.1, 0.15) is 0 Å². The van der Waals surface area contributed by atoms with E-state index in [1.807, 2.05) is 0 Å². The molecule has 1 aromatic heterocycles. The molecule has 0 bridgehead atoms. The molecule has 2 N–H and O–H groups in total. The molecule has 2 aromatic rings. The molecule has 134 valence electrons. The van der Waals surface area contributed by atoms with Crippen molar-refractivity contribution in [1.29, 1.82) is 0 Å². The van der Waals surface area contributed by atoms with Crippen LogP contribution < -0.4 is 10.9 Å². The topological polar surface area (TPSA) is 87.3 Å². The fourth-order valence-electron chi connectivity index (χ4n) is 3.26. The van der Waals surface area contributed by atoms with E-state index in [9.17, 15) is 9.59 Å². The number of nitrogens with one attached hydrogen (secondary N) is 2. The van der Waals surface area contributed by atoms with Gasteiger partial charge in [-0.25, -0.2) is 5.10 Å². The van der Waals surface area contributed by atoms with E-state index in [0.29, 0.717) is 23.2 Å². The van der Waals surface area contributed by atoms with Crippen LogP contribution in [0.2, 0.25) is 0 Å². The standard InChI is InChI=1S/C18H24N4O3/c1-12(2)15(22-7-9-25-10-8-22)11-19-18(24)16-13-5-3-4-6-14(13)17(23)21-20-16/h3-6,12,15H,7-11H2,1-2H3,(H,19,24)(H,21,23)/t15-/m0/s1. The van der Waals surface area contributed by atoms with Gasteiger partial charge in [0.15, 0.2) is 5.69 Å². The lowest BCUT2D eigenvalue weighted by atomic mass is 10.0. The first-order chi connectivity index (χ1) is 12.1. The Hall–Kier alpha value is -2.25. The Kier molecular flexibility index (Phi) is 5.45. The maximum atomic E-state index is 12.6. The minimum absolute atomic E-state index is 0.238. The number of amides is 1. The number of nitrogens with zero attached hydrogens (tertiary/aromatic N) is 2. The smallest absolute Gasteiger partial charge is 0.272 e. The molecule has 1 atom stereocenters. The van der Waals surface area contributed by atoms with Crippen LogP contribution >= 0.6 is 0 Å². The van der Waals surface area contributed by atoms with Crippen molar-refractivity contribution in [2.24, 2.45) is 5.92 Å². The van der Waals surface area contributed by atoms with Crippen molar-refractivity contribution in [3.63, 3.8) is 0 Å². The summed E-state index contributed by atoms with van der Waals surface area (Å²) in [6, 6.07) is 7.24. The lowest BCUT2D eigenvalue weighted by Crippen LogP contribution is -2.51. The van der Waals surface area contributed by atoms with E-state index in [0.717, 1.165) is 26.3 Å². The molecule has 1 aromatic carbocycles. The summed E-state index contributed by atoms with van der Waals surface area (Å²) in [6.07, 6.45) is 0. The molecule has 2 heterocycles. The Morgan fingerprint density at radius 1 is 1.28 bits per heavy atom. The molecule has 7 heteroatoms. The van der Waals surface area contributed by atoms with E-state index in [1.165, 1.54) is 0 Å². The van der Waals surface area contributed by atoms with Crippen LogP contribution in [0.5, 0.6) is 0 Å². The molecule has 25 heavy (non-hydrogen) atoms. The van der Waals surface area contributed by atoms with Gasteiger partial charge in [-0.3, -0.25) is 14.5 Å². The van der Waals surface area contributed by atoms with Gasteiger partial charge in [0.25, 0.3) is 11.5 Å². The third-order valence-corrected chi connectivity index (χ3v) is 4.67. The maximum Gasteiger partial charge on any atom is 0.272 e. The van der Waals surface area contributed by atoms with Crippen molar-refractivity contribution in [2.45, 2.75) is 19.9 Å². The van der Waals surface area contributed by atoms with Crippen LogP contribution in [0, 0.1) is 5.92 Å². The van der Waals surface area contributed by atoms with Crippen molar-refractivity contribution in [1.82, 2.24) is 20.4 Å². The predicted octanol–water partition coefficient (Wildman–Crippen LogP) is 1.01. The average molecular weight is 344 g/mol. The number of benzene rings is 1. The van der Waals surface area contributed by atoms with Gasteiger partial charge in [-0.2, -0.15) is 5.10 Å². The number of fused-ring (bicyclic) bond motifs is 1. The maximum absolute atomic E-state index is 12.6. The van der Waals surface area contributed by atoms with Crippen molar-refractivity contribution >= 4 is 16.7 Å². The summed E-state index contributed by atoms with van der Waals surface area (Å²) in [5, 5.41) is 10.4. The second-order valence-corrected chi connectivity index (χ2v) is 6.62. The van der Waals surface area contributed by atoms with Gasteiger partial charge in [-0.1, -0.05) is 32.0 Å². The highest BCUT2D eigenvalue weighted by atomic mass is 16.5. The van der Waals surface area contributed by atoms with Crippen LogP contribution in [0.15, 0.2) is 29.1 Å². The van der Waals surface area contributed by atoms with Crippen LogP contribution in [0.3, 0.4) is 0 Å². The summed E-state index contributed by atoms with van der Waals surface area (Å²) in [7, 11) is 0. The number of aromatic nitrogens is 2. The molecule has 1 fully saturated rings. The van der Waals surface area contributed by atoms with Crippen LogP contribution in [0.25, 0.3) is 10.8 Å². The number of H-pyrrole nitrogens is 1. The number of morpholine rings is 1. The van der Waals surface area contributed by atoms with Gasteiger partial charge < -0.3 is 10.1 Å². The molecule has 0 radical (unpaired) electrons. The summed E-state index contributed by atoms with van der Waals surface area (Å²) in [4.78, 5) is 26.8. The van der Waals surface area contributed by atoms with Crippen LogP contribution in [-0.2, 0) is 4.74 Å². The number of hydrogen-bond acceptors (Lipinski definition) is 5. The number of carbonyl (C=O) groups is 1. The highest BCUT2D eigenvalue weighted by Gasteiger charge is 2.25. The predicted molar refractivity (Wildman–Crippen MR) is 95.7 cm³/mol. The minimum Gasteiger partial charge on any atom is -0.379 e. The number of hydrogen-bond donors (Lipinski definition) is 2. The molecule has 1 saturated heterocycles. The van der Waals surface area contributed by atoms with E-state index in [-0.39, 0.29) is 23.2 Å². The number of rotatable bonds is 5. The van der Waals surface area contributed by atoms with E-state index < -0.39 is 0 Å². The first-order valence-electron chi connectivity index (χ1n) is 8.65. The molecule has 1 aliphatic heterocycles. The van der Waals surface area contributed by atoms with Crippen molar-refractivity contribution < 1.29 is 9.53 Å². The molecular weight excluding hydrogens is 320 g/mol. The molecule has 7 nitrogen and oxygen atoms in total. The molecule has 0 aliphatic carbocycles. The Balaban J connectivity index is 1.75. The Bertz CT molecular complexity index is 796. The first-order valence-corrected chi connectivity index (χ1v) is 8.65. The summed E-state index contributed by atoms with van der Waals surface area (Å²) in [5.41, 5.74) is -0.0415. The van der Waals surface area contributed by atoms with Crippen molar-refractivity contribution in [3.8, 4) is 0 Å². The Labute approximate surface area is 146 Å². The Morgan fingerprint density at radius 3 is 2.64 bits per heavy atom. The largest absolute Gasteiger partial charge is 0.379 e.